The number of nitrogens with zero attached hydrogens (tertiary/aromatic N) is 1. The number of hydrogen-bond donors (Lipinski definition) is 1. The number of hydrogen-bond acceptors (Lipinski definition) is 3. The van der Waals surface area contributed by atoms with Crippen molar-refractivity contribution in [1.82, 2.24) is 0 Å². The summed E-state index contributed by atoms with van der Waals surface area (Å²) in [6, 6.07) is 22.3. The fourth-order valence-electron chi connectivity index (χ4n) is 3.47. The van der Waals surface area contributed by atoms with E-state index in [-0.39, 0.29) is 0 Å². The van der Waals surface area contributed by atoms with Gasteiger partial charge < -0.3 is 10.2 Å². The van der Waals surface area contributed by atoms with Crippen molar-refractivity contribution in [3.05, 3.63) is 83.8 Å². The van der Waals surface area contributed by atoms with Gasteiger partial charge in [-0.05, 0) is 61.6 Å². The Kier molecular flexibility index (Phi) is 4.44. The topological polar surface area (TPSA) is 51.5 Å². The van der Waals surface area contributed by atoms with E-state index in [2.05, 4.69) is 31.2 Å². The zero-order valence-electron chi connectivity index (χ0n) is 14.9. The number of benzene rings is 2. The van der Waals surface area contributed by atoms with Crippen molar-refractivity contribution < 1.29 is 4.42 Å². The van der Waals surface area contributed by atoms with Crippen LogP contribution in [0, 0.1) is 0 Å². The molecule has 26 heavy (non-hydrogen) atoms. The van der Waals surface area contributed by atoms with Gasteiger partial charge in [-0.1, -0.05) is 42.5 Å². The number of para-hydroxylation sites is 1. The Balaban J connectivity index is 1.68. The Hall–Kier alpha value is -3.07. The fraction of sp³-hybridized carbons (Fsp3) is 0.174. The lowest BCUT2D eigenvalue weighted by Crippen LogP contribution is -1.98. The monoisotopic (exact) mass is 342 g/mol. The smallest absolute Gasteiger partial charge is 0.149 e. The Bertz CT molecular complexity index is 980. The van der Waals surface area contributed by atoms with Gasteiger partial charge in [0.05, 0.1) is 5.71 Å². The highest BCUT2D eigenvalue weighted by Gasteiger charge is 2.17. The first-order valence-corrected chi connectivity index (χ1v) is 9.00. The van der Waals surface area contributed by atoms with E-state index in [4.69, 9.17) is 15.1 Å². The molecule has 3 nitrogen and oxygen atoms in total. The molecule has 0 amide bonds. The van der Waals surface area contributed by atoms with Gasteiger partial charge >= 0.3 is 0 Å². The van der Waals surface area contributed by atoms with Gasteiger partial charge in [-0.25, -0.2) is 0 Å². The minimum Gasteiger partial charge on any atom is -0.455 e. The molecule has 0 fully saturated rings. The first-order chi connectivity index (χ1) is 12.7. The number of rotatable bonds is 3. The molecule has 1 aliphatic rings. The molecule has 4 rings (SSSR count). The molecule has 0 saturated heterocycles. The van der Waals surface area contributed by atoms with Crippen molar-refractivity contribution in [2.45, 2.75) is 26.2 Å². The highest BCUT2D eigenvalue weighted by atomic mass is 16.3. The number of nitrogen functional groups attached to an aromatic ring is 1. The van der Waals surface area contributed by atoms with Gasteiger partial charge in [0.2, 0.25) is 0 Å². The highest BCUT2D eigenvalue weighted by Crippen LogP contribution is 2.32. The largest absolute Gasteiger partial charge is 0.455 e. The molecule has 2 aromatic carbocycles. The van der Waals surface area contributed by atoms with Crippen molar-refractivity contribution in [2.24, 2.45) is 4.99 Å². The summed E-state index contributed by atoms with van der Waals surface area (Å²) in [5.74, 6) is 1.62. The van der Waals surface area contributed by atoms with Crippen LogP contribution in [-0.4, -0.2) is 5.71 Å². The van der Waals surface area contributed by atoms with E-state index in [0.29, 0.717) is 0 Å². The van der Waals surface area contributed by atoms with E-state index in [1.807, 2.05) is 42.5 Å². The fourth-order valence-corrected chi connectivity index (χ4v) is 3.47. The second-order valence-corrected chi connectivity index (χ2v) is 6.59. The molecule has 130 valence electrons. The predicted octanol–water partition coefficient (Wildman–Crippen LogP) is 5.93. The third-order valence-electron chi connectivity index (χ3n) is 4.82. The van der Waals surface area contributed by atoms with Gasteiger partial charge in [0.1, 0.15) is 11.5 Å². The summed E-state index contributed by atoms with van der Waals surface area (Å²) in [5, 5.41) is 0. The molecule has 0 unspecified atom stereocenters. The Morgan fingerprint density at radius 2 is 1.58 bits per heavy atom. The zero-order valence-corrected chi connectivity index (χ0v) is 14.9. The summed E-state index contributed by atoms with van der Waals surface area (Å²) in [5.41, 5.74) is 12.4. The quantitative estimate of drug-likeness (QED) is 0.599. The highest BCUT2D eigenvalue weighted by molar-refractivity contribution is 6.00. The van der Waals surface area contributed by atoms with Gasteiger partial charge in [-0.2, -0.15) is 0 Å². The molecule has 0 saturated carbocycles. The zero-order chi connectivity index (χ0) is 17.9. The first-order valence-electron chi connectivity index (χ1n) is 9.00. The minimum absolute atomic E-state index is 0.721. The van der Waals surface area contributed by atoms with E-state index in [9.17, 15) is 0 Å². The number of aliphatic imine (C=N–C) groups is 1. The maximum atomic E-state index is 6.10. The van der Waals surface area contributed by atoms with Crippen LogP contribution in [0.15, 0.2) is 81.8 Å². The first kappa shape index (κ1) is 16.4. The van der Waals surface area contributed by atoms with E-state index in [0.717, 1.165) is 53.4 Å². The van der Waals surface area contributed by atoms with Crippen LogP contribution >= 0.6 is 0 Å². The van der Waals surface area contributed by atoms with Crippen LogP contribution in [0.1, 0.15) is 37.5 Å². The van der Waals surface area contributed by atoms with E-state index >= 15 is 0 Å². The summed E-state index contributed by atoms with van der Waals surface area (Å²) in [4.78, 5) is 4.90. The third kappa shape index (κ3) is 3.21. The Morgan fingerprint density at radius 3 is 2.38 bits per heavy atom. The SMILES string of the molecule is CC1=C(c2ccccc2)CCCC(c2ccc(-c3ccccc3N)o2)=N1. The maximum Gasteiger partial charge on any atom is 0.149 e. The standard InChI is InChI=1S/C23H22N2O/c1-16-18(17-8-3-2-4-9-17)11-7-13-21(25-16)23-15-14-22(26-23)19-10-5-6-12-20(19)24/h2-6,8-10,12,14-15H,7,11,13,24H2,1H3. The molecule has 1 aromatic heterocycles. The molecule has 0 aliphatic carbocycles. The summed E-state index contributed by atoms with van der Waals surface area (Å²) >= 11 is 0. The average Bonchev–Trinajstić information content (AvgIpc) is 3.06. The van der Waals surface area contributed by atoms with Crippen molar-refractivity contribution in [3.8, 4) is 11.3 Å². The molecular weight excluding hydrogens is 320 g/mol. The van der Waals surface area contributed by atoms with E-state index in [1.165, 1.54) is 11.1 Å². The number of anilines is 1. The van der Waals surface area contributed by atoms with Crippen LogP contribution in [0.5, 0.6) is 0 Å². The van der Waals surface area contributed by atoms with Crippen LogP contribution in [-0.2, 0) is 0 Å². The van der Waals surface area contributed by atoms with Gasteiger partial charge in [-0.3, -0.25) is 4.99 Å². The lowest BCUT2D eigenvalue weighted by atomic mass is 9.99. The van der Waals surface area contributed by atoms with Crippen molar-refractivity contribution >= 4 is 17.0 Å². The summed E-state index contributed by atoms with van der Waals surface area (Å²) < 4.78 is 6.10. The lowest BCUT2D eigenvalue weighted by Gasteiger charge is -2.07. The molecule has 0 spiro atoms. The van der Waals surface area contributed by atoms with Gasteiger partial charge in [-0.15, -0.1) is 0 Å². The minimum atomic E-state index is 0.721. The van der Waals surface area contributed by atoms with Gasteiger partial charge in [0.25, 0.3) is 0 Å². The molecule has 3 aromatic rings. The molecule has 0 bridgehead atoms. The normalized spacial score (nSPS) is 14.9. The summed E-state index contributed by atoms with van der Waals surface area (Å²) in [6.07, 6.45) is 3.00. The van der Waals surface area contributed by atoms with Crippen LogP contribution in [0.4, 0.5) is 5.69 Å². The second-order valence-electron chi connectivity index (χ2n) is 6.59. The van der Waals surface area contributed by atoms with Crippen molar-refractivity contribution in [1.29, 1.82) is 0 Å². The molecule has 2 N–H and O–H groups in total. The number of nitrogens with two attached hydrogens (primary N) is 1. The summed E-state index contributed by atoms with van der Waals surface area (Å²) in [6.45, 7) is 2.09. The summed E-state index contributed by atoms with van der Waals surface area (Å²) in [7, 11) is 0. The maximum absolute atomic E-state index is 6.10. The number of furan rings is 1. The Labute approximate surface area is 153 Å². The van der Waals surface area contributed by atoms with Crippen molar-refractivity contribution in [3.63, 3.8) is 0 Å². The molecular formula is C23H22N2O. The second kappa shape index (κ2) is 7.04. The predicted molar refractivity (Wildman–Crippen MR) is 108 cm³/mol. The van der Waals surface area contributed by atoms with Crippen molar-refractivity contribution in [2.75, 3.05) is 5.73 Å². The van der Waals surface area contributed by atoms with Crippen LogP contribution in [0.3, 0.4) is 0 Å². The third-order valence-corrected chi connectivity index (χ3v) is 4.82. The van der Waals surface area contributed by atoms with Crippen LogP contribution in [0.2, 0.25) is 0 Å². The molecule has 3 heteroatoms. The van der Waals surface area contributed by atoms with Gasteiger partial charge in [0, 0.05) is 16.9 Å². The van der Waals surface area contributed by atoms with Crippen LogP contribution in [0.25, 0.3) is 16.9 Å². The molecule has 0 radical (unpaired) electrons. The van der Waals surface area contributed by atoms with Crippen LogP contribution < -0.4 is 5.73 Å². The van der Waals surface area contributed by atoms with Gasteiger partial charge in [0.15, 0.2) is 0 Å². The van der Waals surface area contributed by atoms with E-state index in [1.54, 1.807) is 0 Å². The number of allylic oxidation sites excluding steroid dienone is 2. The molecule has 1 aliphatic heterocycles. The Morgan fingerprint density at radius 1 is 0.846 bits per heavy atom. The van der Waals surface area contributed by atoms with E-state index < -0.39 is 0 Å². The molecule has 0 atom stereocenters. The molecule has 2 heterocycles. The average molecular weight is 342 g/mol. The lowest BCUT2D eigenvalue weighted by molar-refractivity contribution is 0.570.